The molecule has 1 amide bonds. The number of halogens is 1. The van der Waals surface area contributed by atoms with E-state index in [1.165, 1.54) is 4.80 Å². The van der Waals surface area contributed by atoms with Crippen LogP contribution < -0.4 is 5.32 Å². The van der Waals surface area contributed by atoms with Crippen molar-refractivity contribution in [1.82, 2.24) is 25.5 Å². The first-order valence-electron chi connectivity index (χ1n) is 7.89. The molecule has 1 N–H and O–H groups in total. The number of thiophene rings is 1. The second kappa shape index (κ2) is 7.76. The summed E-state index contributed by atoms with van der Waals surface area (Å²) in [6.07, 6.45) is 0. The van der Waals surface area contributed by atoms with Crippen LogP contribution >= 0.6 is 22.9 Å². The molecule has 0 saturated carbocycles. The number of rotatable bonds is 6. The van der Waals surface area contributed by atoms with Gasteiger partial charge in [-0.05, 0) is 46.8 Å². The highest BCUT2D eigenvalue weighted by molar-refractivity contribution is 7.10. The summed E-state index contributed by atoms with van der Waals surface area (Å²) in [4.78, 5) is 14.8. The van der Waals surface area contributed by atoms with E-state index in [2.05, 4.69) is 34.6 Å². The van der Waals surface area contributed by atoms with Crippen LogP contribution in [0.1, 0.15) is 24.8 Å². The maximum absolute atomic E-state index is 12.4. The van der Waals surface area contributed by atoms with Crippen LogP contribution in [0.4, 0.5) is 0 Å². The lowest BCUT2D eigenvalue weighted by molar-refractivity contribution is -0.123. The van der Waals surface area contributed by atoms with E-state index >= 15 is 0 Å². The summed E-state index contributed by atoms with van der Waals surface area (Å²) >= 11 is 7.51. The average molecular weight is 376 g/mol. The standard InChI is InChI=1S/C17H18ClN5OS/c1-11(2)16(14-4-3-9-25-14)19-15(24)10-23-21-17(20-22-23)12-5-7-13(18)8-6-12/h3-9,11,16H,10H2,1-2H3,(H,19,24)/t16-/m1/s1. The number of nitrogens with one attached hydrogen (secondary N) is 1. The minimum atomic E-state index is -0.146. The SMILES string of the molecule is CC(C)[C@@H](NC(=O)Cn1nnc(-c2ccc(Cl)cc2)n1)c1cccs1. The van der Waals surface area contributed by atoms with Gasteiger partial charge >= 0.3 is 0 Å². The Labute approximate surface area is 154 Å². The van der Waals surface area contributed by atoms with Crippen molar-refractivity contribution >= 4 is 28.8 Å². The van der Waals surface area contributed by atoms with Crippen molar-refractivity contribution in [1.29, 1.82) is 0 Å². The lowest BCUT2D eigenvalue weighted by Gasteiger charge is -2.21. The van der Waals surface area contributed by atoms with Crippen LogP contribution in [0.25, 0.3) is 11.4 Å². The number of benzene rings is 1. The van der Waals surface area contributed by atoms with E-state index in [1.807, 2.05) is 29.6 Å². The van der Waals surface area contributed by atoms with Gasteiger partial charge in [0.25, 0.3) is 0 Å². The molecule has 3 aromatic rings. The minimum absolute atomic E-state index is 0.0215. The second-order valence-electron chi connectivity index (χ2n) is 5.95. The van der Waals surface area contributed by atoms with Gasteiger partial charge in [0, 0.05) is 15.5 Å². The molecule has 0 saturated heterocycles. The fraction of sp³-hybridized carbons (Fsp3) is 0.294. The number of carbonyl (C=O) groups excluding carboxylic acids is 1. The van der Waals surface area contributed by atoms with Crippen LogP contribution in [-0.4, -0.2) is 26.1 Å². The molecule has 1 atom stereocenters. The molecule has 2 heterocycles. The number of tetrazole rings is 1. The highest BCUT2D eigenvalue weighted by Gasteiger charge is 2.20. The minimum Gasteiger partial charge on any atom is -0.347 e. The third kappa shape index (κ3) is 4.43. The number of amides is 1. The van der Waals surface area contributed by atoms with Crippen molar-refractivity contribution in [2.75, 3.05) is 0 Å². The van der Waals surface area contributed by atoms with E-state index in [9.17, 15) is 4.79 Å². The Morgan fingerprint density at radius 1 is 1.28 bits per heavy atom. The summed E-state index contributed by atoms with van der Waals surface area (Å²) in [5.41, 5.74) is 0.801. The molecular weight excluding hydrogens is 358 g/mol. The summed E-state index contributed by atoms with van der Waals surface area (Å²) < 4.78 is 0. The van der Waals surface area contributed by atoms with Crippen LogP contribution in [0.15, 0.2) is 41.8 Å². The Morgan fingerprint density at radius 2 is 2.04 bits per heavy atom. The fourth-order valence-electron chi connectivity index (χ4n) is 2.41. The number of carbonyl (C=O) groups is 1. The maximum Gasteiger partial charge on any atom is 0.244 e. The van der Waals surface area contributed by atoms with Gasteiger partial charge in [-0.3, -0.25) is 4.79 Å². The maximum atomic E-state index is 12.4. The molecule has 25 heavy (non-hydrogen) atoms. The molecule has 0 unspecified atom stereocenters. The molecule has 8 heteroatoms. The molecule has 1 aromatic carbocycles. The number of nitrogens with zero attached hydrogens (tertiary/aromatic N) is 4. The van der Waals surface area contributed by atoms with Gasteiger partial charge in [-0.25, -0.2) is 0 Å². The first kappa shape index (κ1) is 17.6. The van der Waals surface area contributed by atoms with Gasteiger partial charge in [-0.1, -0.05) is 31.5 Å². The van der Waals surface area contributed by atoms with Gasteiger partial charge in [0.05, 0.1) is 6.04 Å². The first-order chi connectivity index (χ1) is 12.0. The molecule has 0 fully saturated rings. The highest BCUT2D eigenvalue weighted by Crippen LogP contribution is 2.25. The lowest BCUT2D eigenvalue weighted by Crippen LogP contribution is -2.34. The van der Waals surface area contributed by atoms with Crippen LogP contribution in [0, 0.1) is 5.92 Å². The Hall–Kier alpha value is -2.25. The summed E-state index contributed by atoms with van der Waals surface area (Å²) in [5, 5.41) is 17.9. The smallest absolute Gasteiger partial charge is 0.244 e. The largest absolute Gasteiger partial charge is 0.347 e. The van der Waals surface area contributed by atoms with Crippen LogP contribution in [0.5, 0.6) is 0 Å². The topological polar surface area (TPSA) is 72.7 Å². The summed E-state index contributed by atoms with van der Waals surface area (Å²) in [7, 11) is 0. The Kier molecular flexibility index (Phi) is 5.45. The zero-order chi connectivity index (χ0) is 17.8. The average Bonchev–Trinajstić information content (AvgIpc) is 3.25. The molecule has 0 bridgehead atoms. The molecule has 3 rings (SSSR count). The van der Waals surface area contributed by atoms with Crippen molar-refractivity contribution < 1.29 is 4.79 Å². The van der Waals surface area contributed by atoms with E-state index in [0.717, 1.165) is 10.4 Å². The van der Waals surface area contributed by atoms with Crippen molar-refractivity contribution in [2.45, 2.75) is 26.4 Å². The zero-order valence-electron chi connectivity index (χ0n) is 13.9. The van der Waals surface area contributed by atoms with E-state index in [1.54, 1.807) is 23.5 Å². The number of hydrogen-bond donors (Lipinski definition) is 1. The quantitative estimate of drug-likeness (QED) is 0.714. The highest BCUT2D eigenvalue weighted by atomic mass is 35.5. The third-order valence-corrected chi connectivity index (χ3v) is 4.88. The molecule has 0 aliphatic heterocycles. The molecule has 130 valence electrons. The predicted molar refractivity (Wildman–Crippen MR) is 98.3 cm³/mol. The summed E-state index contributed by atoms with van der Waals surface area (Å²) in [5.74, 6) is 0.603. The number of hydrogen-bond acceptors (Lipinski definition) is 5. The molecule has 0 spiro atoms. The predicted octanol–water partition coefficient (Wildman–Crippen LogP) is 3.57. The molecule has 0 aliphatic rings. The van der Waals surface area contributed by atoms with Crippen molar-refractivity contribution in [2.24, 2.45) is 5.92 Å². The van der Waals surface area contributed by atoms with Gasteiger partial charge in [0.15, 0.2) is 0 Å². The van der Waals surface area contributed by atoms with Crippen LogP contribution in [-0.2, 0) is 11.3 Å². The molecule has 6 nitrogen and oxygen atoms in total. The Balaban J connectivity index is 1.66. The monoisotopic (exact) mass is 375 g/mol. The van der Waals surface area contributed by atoms with E-state index in [-0.39, 0.29) is 24.4 Å². The Bertz CT molecular complexity index is 829. The molecule has 0 radical (unpaired) electrons. The first-order valence-corrected chi connectivity index (χ1v) is 9.15. The van der Waals surface area contributed by atoms with Gasteiger partial charge < -0.3 is 5.32 Å². The third-order valence-electron chi connectivity index (χ3n) is 3.67. The number of aromatic nitrogens is 4. The van der Waals surface area contributed by atoms with Crippen molar-refractivity contribution in [3.63, 3.8) is 0 Å². The van der Waals surface area contributed by atoms with Crippen molar-refractivity contribution in [3.05, 3.63) is 51.7 Å². The fourth-order valence-corrected chi connectivity index (χ4v) is 3.48. The molecular formula is C17H18ClN5OS. The normalized spacial score (nSPS) is 12.3. The van der Waals surface area contributed by atoms with E-state index in [0.29, 0.717) is 10.8 Å². The molecule has 2 aromatic heterocycles. The van der Waals surface area contributed by atoms with E-state index in [4.69, 9.17) is 11.6 Å². The second-order valence-corrected chi connectivity index (χ2v) is 7.37. The summed E-state index contributed by atoms with van der Waals surface area (Å²) in [6, 6.07) is 11.1. The van der Waals surface area contributed by atoms with Crippen LogP contribution in [0.3, 0.4) is 0 Å². The van der Waals surface area contributed by atoms with Crippen molar-refractivity contribution in [3.8, 4) is 11.4 Å². The van der Waals surface area contributed by atoms with Gasteiger partial charge in [-0.2, -0.15) is 4.80 Å². The van der Waals surface area contributed by atoms with Gasteiger partial charge in [0.1, 0.15) is 6.54 Å². The lowest BCUT2D eigenvalue weighted by atomic mass is 10.0. The van der Waals surface area contributed by atoms with Gasteiger partial charge in [-0.15, -0.1) is 21.5 Å². The zero-order valence-corrected chi connectivity index (χ0v) is 15.5. The summed E-state index contributed by atoms with van der Waals surface area (Å²) in [6.45, 7) is 4.18. The van der Waals surface area contributed by atoms with Crippen LogP contribution in [0.2, 0.25) is 5.02 Å². The Morgan fingerprint density at radius 3 is 2.68 bits per heavy atom. The van der Waals surface area contributed by atoms with Gasteiger partial charge in [0.2, 0.25) is 11.7 Å². The molecule has 0 aliphatic carbocycles. The van der Waals surface area contributed by atoms with E-state index < -0.39 is 0 Å².